The molecule has 0 bridgehead atoms. The van der Waals surface area contributed by atoms with Crippen LogP contribution in [0.3, 0.4) is 0 Å². The van der Waals surface area contributed by atoms with E-state index >= 15 is 0 Å². The van der Waals surface area contributed by atoms with E-state index in [1.54, 1.807) is 0 Å². The predicted molar refractivity (Wildman–Crippen MR) is 61.0 cm³/mol. The molecular weight excluding hydrogens is 210 g/mol. The minimum atomic E-state index is 0.530. The number of unbranched alkanes of at least 4 members (excludes halogenated alkanes) is 2. The van der Waals surface area contributed by atoms with Crippen LogP contribution in [0.2, 0.25) is 0 Å². The average Bonchev–Trinajstić information content (AvgIpc) is 2.30. The van der Waals surface area contributed by atoms with Gasteiger partial charge in [-0.2, -0.15) is 5.26 Å². The highest BCUT2D eigenvalue weighted by Gasteiger charge is 1.94. The molecule has 0 heterocycles. The Morgan fingerprint density at radius 1 is 1.20 bits per heavy atom. The van der Waals surface area contributed by atoms with Crippen molar-refractivity contribution in [2.45, 2.75) is 25.1 Å². The number of nitriles is 1. The molecule has 0 saturated carbocycles. The van der Waals surface area contributed by atoms with Gasteiger partial charge in [-0.05, 0) is 30.5 Å². The minimum absolute atomic E-state index is 0.530. The molecule has 0 aliphatic carbocycles. The van der Waals surface area contributed by atoms with Crippen molar-refractivity contribution in [2.24, 2.45) is 0 Å². The van der Waals surface area contributed by atoms with Crippen LogP contribution in [0.5, 0.6) is 5.75 Å². The van der Waals surface area contributed by atoms with Crippen LogP contribution >= 0.6 is 11.6 Å². The normalized spacial score (nSPS) is 9.60. The monoisotopic (exact) mass is 223 g/mol. The number of nitrogens with zero attached hydrogens (tertiary/aromatic N) is 1. The first kappa shape index (κ1) is 11.9. The number of hydrogen-bond donors (Lipinski definition) is 0. The third kappa shape index (κ3) is 4.71. The van der Waals surface area contributed by atoms with Crippen LogP contribution in [0.1, 0.15) is 24.8 Å². The Morgan fingerprint density at radius 3 is 2.53 bits per heavy atom. The number of hydrogen-bond acceptors (Lipinski definition) is 2. The molecule has 1 aromatic rings. The second kappa shape index (κ2) is 7.14. The van der Waals surface area contributed by atoms with Gasteiger partial charge in [-0.3, -0.25) is 0 Å². The van der Waals surface area contributed by atoms with Gasteiger partial charge in [-0.1, -0.05) is 12.1 Å². The van der Waals surface area contributed by atoms with Gasteiger partial charge in [0.05, 0.1) is 12.7 Å². The van der Waals surface area contributed by atoms with Crippen molar-refractivity contribution in [2.75, 3.05) is 6.61 Å². The molecule has 15 heavy (non-hydrogen) atoms. The topological polar surface area (TPSA) is 33.0 Å². The molecule has 0 radical (unpaired) electrons. The lowest BCUT2D eigenvalue weighted by atomic mass is 10.2. The van der Waals surface area contributed by atoms with Crippen LogP contribution < -0.4 is 4.74 Å². The highest BCUT2D eigenvalue weighted by atomic mass is 35.5. The summed E-state index contributed by atoms with van der Waals surface area (Å²) in [5.74, 6) is 1.39. The molecule has 0 aromatic heterocycles. The minimum Gasteiger partial charge on any atom is -0.494 e. The fourth-order valence-corrected chi connectivity index (χ4v) is 1.35. The summed E-state index contributed by atoms with van der Waals surface area (Å²) in [5.41, 5.74) is 1.09. The van der Waals surface area contributed by atoms with Gasteiger partial charge in [0, 0.05) is 12.3 Å². The van der Waals surface area contributed by atoms with E-state index in [0.717, 1.165) is 24.2 Å². The Balaban J connectivity index is 2.23. The highest BCUT2D eigenvalue weighted by molar-refractivity contribution is 6.17. The van der Waals surface area contributed by atoms with Gasteiger partial charge >= 0.3 is 0 Å². The zero-order valence-electron chi connectivity index (χ0n) is 8.58. The summed E-state index contributed by atoms with van der Waals surface area (Å²) in [6.07, 6.45) is 2.43. The van der Waals surface area contributed by atoms with Gasteiger partial charge in [0.1, 0.15) is 5.75 Å². The van der Waals surface area contributed by atoms with E-state index < -0.39 is 0 Å². The molecule has 80 valence electrons. The van der Waals surface area contributed by atoms with E-state index in [2.05, 4.69) is 6.07 Å². The summed E-state index contributed by atoms with van der Waals surface area (Å²) < 4.78 is 5.50. The molecule has 0 fully saturated rings. The number of benzene rings is 1. The maximum Gasteiger partial charge on any atom is 0.119 e. The molecule has 0 aliphatic rings. The zero-order valence-corrected chi connectivity index (χ0v) is 9.33. The van der Waals surface area contributed by atoms with Crippen molar-refractivity contribution in [1.29, 1.82) is 5.26 Å². The molecule has 0 amide bonds. The summed E-state index contributed by atoms with van der Waals surface area (Å²) in [7, 11) is 0. The Bertz CT molecular complexity index is 315. The smallest absolute Gasteiger partial charge is 0.119 e. The van der Waals surface area contributed by atoms with Crippen molar-refractivity contribution in [3.05, 3.63) is 29.8 Å². The first-order valence-electron chi connectivity index (χ1n) is 5.01. The fraction of sp³-hybridized carbons (Fsp3) is 0.417. The Hall–Kier alpha value is -1.20. The lowest BCUT2D eigenvalue weighted by molar-refractivity contribution is 0.307. The van der Waals surface area contributed by atoms with E-state index in [1.807, 2.05) is 24.3 Å². The second-order valence-electron chi connectivity index (χ2n) is 3.24. The standard InChI is InChI=1S/C12H14ClNO/c13-10-11-4-6-12(7-5-11)15-9-3-1-2-8-14/h4-7H,1-3,9-10H2. The lowest BCUT2D eigenvalue weighted by Crippen LogP contribution is -1.96. The van der Waals surface area contributed by atoms with Gasteiger partial charge in [-0.15, -0.1) is 11.6 Å². The molecule has 1 aromatic carbocycles. The van der Waals surface area contributed by atoms with Crippen LogP contribution in [-0.4, -0.2) is 6.61 Å². The van der Waals surface area contributed by atoms with Gasteiger partial charge < -0.3 is 4.74 Å². The summed E-state index contributed by atoms with van der Waals surface area (Å²) >= 11 is 5.67. The van der Waals surface area contributed by atoms with Crippen LogP contribution in [-0.2, 0) is 5.88 Å². The number of halogens is 1. The summed E-state index contributed by atoms with van der Waals surface area (Å²) in [6, 6.07) is 9.86. The van der Waals surface area contributed by atoms with E-state index in [-0.39, 0.29) is 0 Å². The average molecular weight is 224 g/mol. The number of rotatable bonds is 6. The molecule has 2 nitrogen and oxygen atoms in total. The molecule has 3 heteroatoms. The largest absolute Gasteiger partial charge is 0.494 e. The van der Waals surface area contributed by atoms with Gasteiger partial charge in [0.15, 0.2) is 0 Å². The molecule has 0 N–H and O–H groups in total. The molecule has 0 atom stereocenters. The first-order valence-corrected chi connectivity index (χ1v) is 5.55. The van der Waals surface area contributed by atoms with E-state index in [0.29, 0.717) is 18.9 Å². The first-order chi connectivity index (χ1) is 7.36. The lowest BCUT2D eigenvalue weighted by Gasteiger charge is -2.05. The van der Waals surface area contributed by atoms with Crippen molar-refractivity contribution in [3.8, 4) is 11.8 Å². The molecule has 0 unspecified atom stereocenters. The zero-order chi connectivity index (χ0) is 10.9. The molecular formula is C12H14ClNO. The number of ether oxygens (including phenoxy) is 1. The quantitative estimate of drug-likeness (QED) is 0.546. The van der Waals surface area contributed by atoms with Gasteiger partial charge in [0.2, 0.25) is 0 Å². The SMILES string of the molecule is N#CCCCCOc1ccc(CCl)cc1. The predicted octanol–water partition coefficient (Wildman–Crippen LogP) is 3.50. The third-order valence-corrected chi connectivity index (χ3v) is 2.34. The van der Waals surface area contributed by atoms with Gasteiger partial charge in [-0.25, -0.2) is 0 Å². The fourth-order valence-electron chi connectivity index (χ4n) is 1.17. The molecule has 0 aliphatic heterocycles. The van der Waals surface area contributed by atoms with Crippen molar-refractivity contribution >= 4 is 11.6 Å². The van der Waals surface area contributed by atoms with Crippen molar-refractivity contribution < 1.29 is 4.74 Å². The van der Waals surface area contributed by atoms with E-state index in [4.69, 9.17) is 21.6 Å². The van der Waals surface area contributed by atoms with Crippen molar-refractivity contribution in [1.82, 2.24) is 0 Å². The summed E-state index contributed by atoms with van der Waals surface area (Å²) in [4.78, 5) is 0. The van der Waals surface area contributed by atoms with Crippen LogP contribution in [0.4, 0.5) is 0 Å². The van der Waals surface area contributed by atoms with Crippen LogP contribution in [0.15, 0.2) is 24.3 Å². The summed E-state index contributed by atoms with van der Waals surface area (Å²) in [6.45, 7) is 0.669. The third-order valence-electron chi connectivity index (χ3n) is 2.03. The number of alkyl halides is 1. The maximum atomic E-state index is 8.34. The second-order valence-corrected chi connectivity index (χ2v) is 3.51. The van der Waals surface area contributed by atoms with Gasteiger partial charge in [0.25, 0.3) is 0 Å². The van der Waals surface area contributed by atoms with Crippen molar-refractivity contribution in [3.63, 3.8) is 0 Å². The highest BCUT2D eigenvalue weighted by Crippen LogP contribution is 2.13. The van der Waals surface area contributed by atoms with Crippen LogP contribution in [0.25, 0.3) is 0 Å². The summed E-state index contributed by atoms with van der Waals surface area (Å²) in [5, 5.41) is 8.34. The van der Waals surface area contributed by atoms with Crippen LogP contribution in [0, 0.1) is 11.3 Å². The molecule has 1 rings (SSSR count). The van der Waals surface area contributed by atoms with E-state index in [1.165, 1.54) is 0 Å². The molecule has 0 spiro atoms. The Morgan fingerprint density at radius 2 is 1.93 bits per heavy atom. The molecule has 0 saturated heterocycles. The Labute approximate surface area is 95.4 Å². The maximum absolute atomic E-state index is 8.34. The van der Waals surface area contributed by atoms with E-state index in [9.17, 15) is 0 Å². The Kier molecular flexibility index (Phi) is 5.65.